The van der Waals surface area contributed by atoms with Crippen molar-refractivity contribution in [2.45, 2.75) is 0 Å². The van der Waals surface area contributed by atoms with E-state index in [1.807, 2.05) is 46.4 Å². The number of anilines is 6. The zero-order valence-electron chi connectivity index (χ0n) is 36.8. The van der Waals surface area contributed by atoms with E-state index in [0.29, 0.717) is 80.1 Å². The molecule has 10 rings (SSSR count). The van der Waals surface area contributed by atoms with Gasteiger partial charge in [0.25, 0.3) is 0 Å². The van der Waals surface area contributed by atoms with Gasteiger partial charge in [-0.15, -0.1) is 0 Å². The van der Waals surface area contributed by atoms with Gasteiger partial charge < -0.3 is 39.4 Å². The quantitative estimate of drug-likeness (QED) is 0.146. The Hall–Kier alpha value is -8.10. The minimum Gasteiger partial charge on any atom is -0.494 e. The highest BCUT2D eigenvalue weighted by molar-refractivity contribution is 5.97. The van der Waals surface area contributed by atoms with Gasteiger partial charge in [0.05, 0.1) is 98.8 Å². The van der Waals surface area contributed by atoms with E-state index in [0.717, 1.165) is 74.8 Å². The molecule has 2 aliphatic rings. The summed E-state index contributed by atoms with van der Waals surface area (Å²) >= 11 is 0. The van der Waals surface area contributed by atoms with Gasteiger partial charge in [0.2, 0.25) is 11.8 Å². The molecular weight excluding hydrogens is 841 g/mol. The fourth-order valence-corrected chi connectivity index (χ4v) is 8.13. The van der Waals surface area contributed by atoms with Crippen molar-refractivity contribution in [1.82, 2.24) is 60.5 Å². The maximum Gasteiger partial charge on any atom is 0.213 e. The van der Waals surface area contributed by atoms with Crippen LogP contribution in [0.25, 0.3) is 44.6 Å². The Kier molecular flexibility index (Phi) is 11.8. The van der Waals surface area contributed by atoms with Crippen LogP contribution in [0.5, 0.6) is 23.3 Å². The highest BCUT2D eigenvalue weighted by Crippen LogP contribution is 2.40. The van der Waals surface area contributed by atoms with Crippen molar-refractivity contribution in [2.24, 2.45) is 0 Å². The Bertz CT molecular complexity index is 2790. The van der Waals surface area contributed by atoms with Crippen LogP contribution in [0.15, 0.2) is 98.1 Å². The molecule has 2 saturated heterocycles. The standard InChI is InChI=1S/C46H46N16O4/c1-63-35-27-49-25-33-41(35)45(59-17-13-47-14-18-59)57-43(55-33)29-9-11-51-37(21-29)61(31-5-7-39(65-3)53-23-31)62(32-6-8-40(66-4)54-24-32)38-22-30(10-12-52-38)44-56-34-26-50-28-36(64-2)42(34)46(58-44)60-19-15-48-16-20-60/h5-12,21-28,47-48H,13-20H2,1-4H3. The van der Waals surface area contributed by atoms with Crippen molar-refractivity contribution >= 4 is 56.5 Å². The lowest BCUT2D eigenvalue weighted by Gasteiger charge is -2.36. The number of hydrogen-bond donors (Lipinski definition) is 2. The number of nitrogens with zero attached hydrogens (tertiary/aromatic N) is 14. The molecule has 2 aliphatic heterocycles. The van der Waals surface area contributed by atoms with Crippen molar-refractivity contribution < 1.29 is 18.9 Å². The fourth-order valence-electron chi connectivity index (χ4n) is 8.13. The van der Waals surface area contributed by atoms with Crippen molar-refractivity contribution in [3.05, 3.63) is 98.1 Å². The van der Waals surface area contributed by atoms with Gasteiger partial charge in [-0.3, -0.25) is 9.97 Å². The molecular formula is C46H46N16O4. The summed E-state index contributed by atoms with van der Waals surface area (Å²) in [7, 11) is 6.42. The van der Waals surface area contributed by atoms with E-state index in [9.17, 15) is 0 Å². The number of rotatable bonds is 13. The van der Waals surface area contributed by atoms with Crippen molar-refractivity contribution in [3.63, 3.8) is 0 Å². The van der Waals surface area contributed by atoms with Crippen molar-refractivity contribution in [3.8, 4) is 46.0 Å². The number of hydrogen-bond acceptors (Lipinski definition) is 20. The van der Waals surface area contributed by atoms with Crippen molar-refractivity contribution in [1.29, 1.82) is 0 Å². The Morgan fingerprint density at radius 1 is 0.485 bits per heavy atom. The summed E-state index contributed by atoms with van der Waals surface area (Å²) in [5, 5.41) is 12.3. The van der Waals surface area contributed by atoms with Crippen LogP contribution in [0.2, 0.25) is 0 Å². The van der Waals surface area contributed by atoms with E-state index in [1.54, 1.807) is 90.1 Å². The third kappa shape index (κ3) is 8.14. The molecule has 20 heteroatoms. The predicted molar refractivity (Wildman–Crippen MR) is 250 cm³/mol. The Morgan fingerprint density at radius 2 is 0.924 bits per heavy atom. The first kappa shape index (κ1) is 41.9. The summed E-state index contributed by atoms with van der Waals surface area (Å²) in [5.74, 6) is 5.56. The summed E-state index contributed by atoms with van der Waals surface area (Å²) in [6.45, 7) is 6.33. The molecule has 0 bridgehead atoms. The molecule has 2 fully saturated rings. The summed E-state index contributed by atoms with van der Waals surface area (Å²) in [5.41, 5.74) is 3.96. The van der Waals surface area contributed by atoms with Crippen LogP contribution in [-0.4, -0.2) is 131 Å². The fraction of sp³-hybridized carbons (Fsp3) is 0.261. The molecule has 0 radical (unpaired) electrons. The monoisotopic (exact) mass is 886 g/mol. The van der Waals surface area contributed by atoms with Crippen LogP contribution in [0.3, 0.4) is 0 Å². The SMILES string of the molecule is COc1ccc(N(c2cc(-c3nc(N4CCNCC4)c4c(OC)cncc4n3)ccn2)N(c2ccc(OC)nc2)c2cc(-c3nc(N4CCNCC4)c4c(OC)cncc4n3)ccn2)cn1. The molecule has 66 heavy (non-hydrogen) atoms. The van der Waals surface area contributed by atoms with Gasteiger partial charge >= 0.3 is 0 Å². The highest BCUT2D eigenvalue weighted by atomic mass is 16.5. The third-order valence-electron chi connectivity index (χ3n) is 11.4. The van der Waals surface area contributed by atoms with Crippen LogP contribution in [0.1, 0.15) is 0 Å². The zero-order chi connectivity index (χ0) is 45.0. The molecule has 0 saturated carbocycles. The minimum atomic E-state index is 0.437. The second kappa shape index (κ2) is 18.6. The molecule has 0 spiro atoms. The second-order valence-corrected chi connectivity index (χ2v) is 15.2. The van der Waals surface area contributed by atoms with E-state index < -0.39 is 0 Å². The molecule has 0 aliphatic carbocycles. The van der Waals surface area contributed by atoms with Crippen LogP contribution >= 0.6 is 0 Å². The summed E-state index contributed by atoms with van der Waals surface area (Å²) < 4.78 is 22.6. The average molecular weight is 887 g/mol. The van der Waals surface area contributed by atoms with Gasteiger partial charge in [0.15, 0.2) is 23.3 Å². The number of hydrazine groups is 1. The molecule has 20 nitrogen and oxygen atoms in total. The average Bonchev–Trinajstić information content (AvgIpc) is 3.39. The highest BCUT2D eigenvalue weighted by Gasteiger charge is 2.28. The molecule has 0 amide bonds. The lowest BCUT2D eigenvalue weighted by atomic mass is 10.2. The molecule has 334 valence electrons. The summed E-state index contributed by atoms with van der Waals surface area (Å²) in [6, 6.07) is 15.0. The van der Waals surface area contributed by atoms with Crippen LogP contribution in [0.4, 0.5) is 34.6 Å². The normalized spacial score (nSPS) is 14.0. The first-order valence-electron chi connectivity index (χ1n) is 21.4. The van der Waals surface area contributed by atoms with Gasteiger partial charge in [-0.1, -0.05) is 0 Å². The van der Waals surface area contributed by atoms with E-state index in [2.05, 4.69) is 40.4 Å². The minimum absolute atomic E-state index is 0.437. The first-order valence-corrected chi connectivity index (χ1v) is 21.4. The Morgan fingerprint density at radius 3 is 1.30 bits per heavy atom. The molecule has 10 heterocycles. The van der Waals surface area contributed by atoms with Gasteiger partial charge in [-0.25, -0.2) is 49.9 Å². The lowest BCUT2D eigenvalue weighted by molar-refractivity contribution is 0.397. The zero-order valence-corrected chi connectivity index (χ0v) is 36.8. The summed E-state index contributed by atoms with van der Waals surface area (Å²) in [4.78, 5) is 53.1. The van der Waals surface area contributed by atoms with Crippen LogP contribution in [-0.2, 0) is 0 Å². The number of methoxy groups -OCH3 is 4. The van der Waals surface area contributed by atoms with E-state index in [-0.39, 0.29) is 0 Å². The molecule has 8 aromatic rings. The van der Waals surface area contributed by atoms with Gasteiger partial charge in [0.1, 0.15) is 23.1 Å². The molecule has 0 atom stereocenters. The number of ether oxygens (including phenoxy) is 4. The molecule has 0 unspecified atom stereocenters. The maximum atomic E-state index is 5.78. The topological polar surface area (TPSA) is 203 Å². The number of aromatic nitrogens is 10. The molecule has 2 N–H and O–H groups in total. The molecule has 8 aromatic heterocycles. The maximum absolute atomic E-state index is 5.78. The number of nitrogens with one attached hydrogen (secondary N) is 2. The van der Waals surface area contributed by atoms with E-state index in [4.69, 9.17) is 48.9 Å². The third-order valence-corrected chi connectivity index (χ3v) is 11.4. The van der Waals surface area contributed by atoms with E-state index >= 15 is 0 Å². The first-order chi connectivity index (χ1) is 32.5. The second-order valence-electron chi connectivity index (χ2n) is 15.2. The Labute approximate surface area is 379 Å². The largest absolute Gasteiger partial charge is 0.494 e. The Balaban J connectivity index is 1.15. The van der Waals surface area contributed by atoms with Gasteiger partial charge in [0, 0.05) is 88.0 Å². The van der Waals surface area contributed by atoms with Gasteiger partial charge in [-0.2, -0.15) is 0 Å². The lowest BCUT2D eigenvalue weighted by Crippen LogP contribution is -2.44. The molecule has 0 aromatic carbocycles. The van der Waals surface area contributed by atoms with E-state index in [1.165, 1.54) is 0 Å². The van der Waals surface area contributed by atoms with Crippen LogP contribution < -0.4 is 49.4 Å². The smallest absolute Gasteiger partial charge is 0.213 e. The van der Waals surface area contributed by atoms with Crippen molar-refractivity contribution in [2.75, 3.05) is 101 Å². The van der Waals surface area contributed by atoms with Crippen LogP contribution in [0, 0.1) is 0 Å². The van der Waals surface area contributed by atoms with Gasteiger partial charge in [-0.05, 0) is 36.4 Å². The predicted octanol–water partition coefficient (Wildman–Crippen LogP) is 5.02. The number of pyridine rings is 6. The number of piperazine rings is 2. The number of fused-ring (bicyclic) bond motifs is 2. The summed E-state index contributed by atoms with van der Waals surface area (Å²) in [6.07, 6.45) is 13.7.